The fourth-order valence-electron chi connectivity index (χ4n) is 1.97. The summed E-state index contributed by atoms with van der Waals surface area (Å²) in [5, 5.41) is 0. The first-order valence-corrected chi connectivity index (χ1v) is 8.04. The maximum Gasteiger partial charge on any atom is 0.333 e. The van der Waals surface area contributed by atoms with E-state index in [1.54, 1.807) is 37.0 Å². The van der Waals surface area contributed by atoms with E-state index in [0.717, 1.165) is 5.56 Å². The smallest absolute Gasteiger partial charge is 0.333 e. The number of ether oxygens (including phenoxy) is 1. The van der Waals surface area contributed by atoms with Crippen molar-refractivity contribution in [1.29, 1.82) is 0 Å². The summed E-state index contributed by atoms with van der Waals surface area (Å²) in [7, 11) is 0. The van der Waals surface area contributed by atoms with Crippen LogP contribution in [0, 0.1) is 0 Å². The quantitative estimate of drug-likeness (QED) is 0.416. The van der Waals surface area contributed by atoms with Crippen LogP contribution in [0.4, 0.5) is 0 Å². The zero-order valence-corrected chi connectivity index (χ0v) is 14.6. The lowest BCUT2D eigenvalue weighted by Gasteiger charge is -2.20. The minimum absolute atomic E-state index is 0.107. The van der Waals surface area contributed by atoms with E-state index in [0.29, 0.717) is 25.3 Å². The standard InChI is InChI=1S/C20H25NO3/c1-4-6-8-13-19(22)21(16-18-11-9-7-10-12-18)15-14-17(3)20(23)24-5-2/h4,6-14H,5,15-16H2,1-3H3/b6-4+,13-8+,17-14+. The second-order valence-electron chi connectivity index (χ2n) is 5.20. The highest BCUT2D eigenvalue weighted by Gasteiger charge is 2.11. The van der Waals surface area contributed by atoms with Crippen molar-refractivity contribution in [2.45, 2.75) is 27.3 Å². The van der Waals surface area contributed by atoms with E-state index >= 15 is 0 Å². The van der Waals surface area contributed by atoms with Crippen LogP contribution in [0.2, 0.25) is 0 Å². The van der Waals surface area contributed by atoms with E-state index in [9.17, 15) is 9.59 Å². The third kappa shape index (κ3) is 7.09. The zero-order valence-electron chi connectivity index (χ0n) is 14.6. The highest BCUT2D eigenvalue weighted by molar-refractivity contribution is 5.89. The Balaban J connectivity index is 2.86. The Morgan fingerprint density at radius 3 is 2.50 bits per heavy atom. The van der Waals surface area contributed by atoms with Crippen molar-refractivity contribution < 1.29 is 14.3 Å². The monoisotopic (exact) mass is 327 g/mol. The summed E-state index contributed by atoms with van der Waals surface area (Å²) in [6, 6.07) is 9.75. The molecule has 1 aromatic rings. The summed E-state index contributed by atoms with van der Waals surface area (Å²) < 4.78 is 4.96. The summed E-state index contributed by atoms with van der Waals surface area (Å²) in [4.78, 5) is 25.7. The largest absolute Gasteiger partial charge is 0.463 e. The van der Waals surface area contributed by atoms with E-state index in [1.807, 2.05) is 43.3 Å². The molecule has 0 unspecified atom stereocenters. The van der Waals surface area contributed by atoms with Gasteiger partial charge in [0, 0.05) is 24.7 Å². The molecule has 0 bridgehead atoms. The van der Waals surface area contributed by atoms with E-state index in [4.69, 9.17) is 4.74 Å². The van der Waals surface area contributed by atoms with Crippen molar-refractivity contribution in [1.82, 2.24) is 4.90 Å². The molecule has 0 saturated heterocycles. The maximum atomic E-state index is 12.4. The van der Waals surface area contributed by atoms with Gasteiger partial charge in [0.25, 0.3) is 0 Å². The SMILES string of the molecule is C/C=C/C=C/C(=O)N(C/C=C(\C)C(=O)OCC)Cc1ccccc1. The fraction of sp³-hybridized carbons (Fsp3) is 0.300. The molecule has 24 heavy (non-hydrogen) atoms. The second-order valence-corrected chi connectivity index (χ2v) is 5.20. The molecule has 0 spiro atoms. The molecular weight excluding hydrogens is 302 g/mol. The predicted molar refractivity (Wildman–Crippen MR) is 96.2 cm³/mol. The molecule has 0 aromatic heterocycles. The number of esters is 1. The van der Waals surface area contributed by atoms with Crippen molar-refractivity contribution in [3.05, 3.63) is 71.8 Å². The van der Waals surface area contributed by atoms with Crippen LogP contribution in [-0.4, -0.2) is 29.9 Å². The van der Waals surface area contributed by atoms with Gasteiger partial charge in [-0.1, -0.05) is 54.6 Å². The second kappa shape index (κ2) is 11.0. The van der Waals surface area contributed by atoms with Crippen LogP contribution in [0.3, 0.4) is 0 Å². The minimum Gasteiger partial charge on any atom is -0.463 e. The Bertz CT molecular complexity index is 615. The average Bonchev–Trinajstić information content (AvgIpc) is 2.59. The van der Waals surface area contributed by atoms with Crippen LogP contribution in [-0.2, 0) is 20.9 Å². The number of hydrogen-bond acceptors (Lipinski definition) is 3. The van der Waals surface area contributed by atoms with Gasteiger partial charge in [-0.15, -0.1) is 0 Å². The number of carbonyl (C=O) groups is 2. The van der Waals surface area contributed by atoms with Crippen LogP contribution >= 0.6 is 0 Å². The highest BCUT2D eigenvalue weighted by Crippen LogP contribution is 2.07. The number of carbonyl (C=O) groups excluding carboxylic acids is 2. The molecule has 0 atom stereocenters. The molecule has 128 valence electrons. The molecule has 1 amide bonds. The number of rotatable bonds is 8. The molecule has 0 aliphatic heterocycles. The number of nitrogens with zero attached hydrogens (tertiary/aromatic N) is 1. The molecular formula is C20H25NO3. The van der Waals surface area contributed by atoms with E-state index in [2.05, 4.69) is 0 Å². The maximum absolute atomic E-state index is 12.4. The molecule has 4 heteroatoms. The Hall–Kier alpha value is -2.62. The molecule has 0 aliphatic carbocycles. The van der Waals surface area contributed by atoms with Gasteiger partial charge in [0.05, 0.1) is 6.61 Å². The van der Waals surface area contributed by atoms with E-state index in [1.165, 1.54) is 6.08 Å². The summed E-state index contributed by atoms with van der Waals surface area (Å²) >= 11 is 0. The van der Waals surface area contributed by atoms with Gasteiger partial charge in [0.2, 0.25) is 5.91 Å². The molecule has 1 rings (SSSR count). The van der Waals surface area contributed by atoms with Crippen LogP contribution < -0.4 is 0 Å². The van der Waals surface area contributed by atoms with Gasteiger partial charge in [0.15, 0.2) is 0 Å². The third-order valence-electron chi connectivity index (χ3n) is 3.29. The molecule has 0 fully saturated rings. The fourth-order valence-corrected chi connectivity index (χ4v) is 1.97. The summed E-state index contributed by atoms with van der Waals surface area (Å²) in [5.74, 6) is -0.459. The van der Waals surface area contributed by atoms with Crippen molar-refractivity contribution in [2.75, 3.05) is 13.2 Å². The van der Waals surface area contributed by atoms with Crippen LogP contribution in [0.25, 0.3) is 0 Å². The first kappa shape index (κ1) is 19.4. The van der Waals surface area contributed by atoms with Crippen molar-refractivity contribution in [2.24, 2.45) is 0 Å². The summed E-state index contributed by atoms with van der Waals surface area (Å²) in [6.45, 7) is 6.51. The number of hydrogen-bond donors (Lipinski definition) is 0. The van der Waals surface area contributed by atoms with Crippen LogP contribution in [0.1, 0.15) is 26.3 Å². The molecule has 0 radical (unpaired) electrons. The van der Waals surface area contributed by atoms with Gasteiger partial charge in [0.1, 0.15) is 0 Å². The van der Waals surface area contributed by atoms with Gasteiger partial charge < -0.3 is 9.64 Å². The Morgan fingerprint density at radius 1 is 1.17 bits per heavy atom. The van der Waals surface area contributed by atoms with Gasteiger partial charge >= 0.3 is 5.97 Å². The Morgan fingerprint density at radius 2 is 1.88 bits per heavy atom. The van der Waals surface area contributed by atoms with Crippen molar-refractivity contribution in [3.8, 4) is 0 Å². The molecule has 1 aromatic carbocycles. The third-order valence-corrected chi connectivity index (χ3v) is 3.29. The first-order chi connectivity index (χ1) is 11.6. The molecule has 4 nitrogen and oxygen atoms in total. The molecule has 0 N–H and O–H groups in total. The van der Waals surface area contributed by atoms with Gasteiger partial charge in [-0.2, -0.15) is 0 Å². The number of amides is 1. The average molecular weight is 327 g/mol. The van der Waals surface area contributed by atoms with Gasteiger partial charge in [-0.3, -0.25) is 4.79 Å². The first-order valence-electron chi connectivity index (χ1n) is 8.04. The van der Waals surface area contributed by atoms with Crippen molar-refractivity contribution in [3.63, 3.8) is 0 Å². The topological polar surface area (TPSA) is 46.6 Å². The van der Waals surface area contributed by atoms with E-state index in [-0.39, 0.29) is 11.9 Å². The van der Waals surface area contributed by atoms with Gasteiger partial charge in [-0.05, 0) is 26.3 Å². The Labute approximate surface area is 144 Å². The van der Waals surface area contributed by atoms with Crippen molar-refractivity contribution >= 4 is 11.9 Å². The molecule has 0 aliphatic rings. The molecule has 0 heterocycles. The number of benzene rings is 1. The summed E-state index contributed by atoms with van der Waals surface area (Å²) in [5.41, 5.74) is 1.53. The van der Waals surface area contributed by atoms with E-state index < -0.39 is 0 Å². The van der Waals surface area contributed by atoms with Crippen LogP contribution in [0.5, 0.6) is 0 Å². The lowest BCUT2D eigenvalue weighted by Crippen LogP contribution is -2.29. The lowest BCUT2D eigenvalue weighted by atomic mass is 10.2. The predicted octanol–water partition coefficient (Wildman–Crippen LogP) is 3.66. The zero-order chi connectivity index (χ0) is 17.8. The Kier molecular flexibility index (Phi) is 8.90. The molecule has 0 saturated carbocycles. The normalized spacial score (nSPS) is 11.9. The minimum atomic E-state index is -0.353. The number of allylic oxidation sites excluding steroid dienone is 3. The highest BCUT2D eigenvalue weighted by atomic mass is 16.5. The van der Waals surface area contributed by atoms with Gasteiger partial charge in [-0.25, -0.2) is 4.79 Å². The lowest BCUT2D eigenvalue weighted by molar-refractivity contribution is -0.138. The van der Waals surface area contributed by atoms with Crippen LogP contribution in [0.15, 0.2) is 66.3 Å². The summed E-state index contributed by atoms with van der Waals surface area (Å²) in [6.07, 6.45) is 8.62.